The van der Waals surface area contributed by atoms with E-state index in [0.717, 1.165) is 10.2 Å². The van der Waals surface area contributed by atoms with Crippen molar-refractivity contribution >= 4 is 38.7 Å². The predicted octanol–water partition coefficient (Wildman–Crippen LogP) is 2.92. The van der Waals surface area contributed by atoms with Crippen LogP contribution in [-0.2, 0) is 4.79 Å². The van der Waals surface area contributed by atoms with E-state index < -0.39 is 18.0 Å². The molecule has 0 radical (unpaired) electrons. The average Bonchev–Trinajstić information content (AvgIpc) is 2.85. The van der Waals surface area contributed by atoms with E-state index in [1.807, 2.05) is 31.2 Å². The molecule has 7 heteroatoms. The van der Waals surface area contributed by atoms with Gasteiger partial charge in [0.1, 0.15) is 6.04 Å². The number of nitrogens with one attached hydrogen (secondary N) is 2. The fourth-order valence-corrected chi connectivity index (χ4v) is 2.74. The maximum absolute atomic E-state index is 11.9. The first-order valence-corrected chi connectivity index (χ1v) is 7.48. The van der Waals surface area contributed by atoms with Gasteiger partial charge >= 0.3 is 12.0 Å². The quantitative estimate of drug-likeness (QED) is 0.792. The number of thiazole rings is 1. The molecule has 0 aliphatic heterocycles. The number of anilines is 1. The van der Waals surface area contributed by atoms with Crippen LogP contribution in [0, 0.1) is 5.92 Å². The standard InChI is InChI=1S/C14H17N3O3S/c1-3-8(2)11(12(18)19)16-13(20)17-14-15-9-6-4-5-7-10(9)21-14/h4-8,11H,3H2,1-2H3,(H,18,19)(H2,15,16,17,20)/t8-,11-/m0/s1. The van der Waals surface area contributed by atoms with E-state index in [1.165, 1.54) is 11.3 Å². The molecular formula is C14H17N3O3S. The molecule has 0 fully saturated rings. The van der Waals surface area contributed by atoms with Crippen LogP contribution >= 0.6 is 11.3 Å². The number of benzene rings is 1. The maximum Gasteiger partial charge on any atom is 0.326 e. The number of urea groups is 1. The topological polar surface area (TPSA) is 91.3 Å². The van der Waals surface area contributed by atoms with Crippen LogP contribution in [0.2, 0.25) is 0 Å². The van der Waals surface area contributed by atoms with Crippen molar-refractivity contribution in [3.8, 4) is 0 Å². The Morgan fingerprint density at radius 1 is 1.38 bits per heavy atom. The van der Waals surface area contributed by atoms with Crippen molar-refractivity contribution in [1.29, 1.82) is 0 Å². The minimum absolute atomic E-state index is 0.149. The maximum atomic E-state index is 11.9. The molecule has 6 nitrogen and oxygen atoms in total. The van der Waals surface area contributed by atoms with E-state index in [2.05, 4.69) is 15.6 Å². The van der Waals surface area contributed by atoms with E-state index in [1.54, 1.807) is 6.92 Å². The molecule has 0 saturated heterocycles. The summed E-state index contributed by atoms with van der Waals surface area (Å²) in [5.74, 6) is -1.19. The first-order valence-electron chi connectivity index (χ1n) is 6.67. The zero-order valence-corrected chi connectivity index (χ0v) is 12.6. The van der Waals surface area contributed by atoms with Crippen molar-refractivity contribution < 1.29 is 14.7 Å². The van der Waals surface area contributed by atoms with Crippen LogP contribution in [0.1, 0.15) is 20.3 Å². The summed E-state index contributed by atoms with van der Waals surface area (Å²) in [6.07, 6.45) is 0.665. The Balaban J connectivity index is 2.05. The number of aliphatic carboxylic acids is 1. The van der Waals surface area contributed by atoms with Gasteiger partial charge in [-0.1, -0.05) is 43.7 Å². The molecule has 21 heavy (non-hydrogen) atoms. The number of amides is 2. The molecule has 2 amide bonds. The highest BCUT2D eigenvalue weighted by molar-refractivity contribution is 7.22. The molecule has 0 aliphatic carbocycles. The lowest BCUT2D eigenvalue weighted by molar-refractivity contribution is -0.140. The Morgan fingerprint density at radius 3 is 2.71 bits per heavy atom. The van der Waals surface area contributed by atoms with Gasteiger partial charge in [0.15, 0.2) is 5.13 Å². The Bertz CT molecular complexity index is 623. The van der Waals surface area contributed by atoms with Gasteiger partial charge in [-0.25, -0.2) is 14.6 Å². The van der Waals surface area contributed by atoms with Gasteiger partial charge < -0.3 is 10.4 Å². The highest BCUT2D eigenvalue weighted by atomic mass is 32.1. The molecule has 1 heterocycles. The van der Waals surface area contributed by atoms with Crippen LogP contribution in [-0.4, -0.2) is 28.1 Å². The zero-order chi connectivity index (χ0) is 15.4. The van der Waals surface area contributed by atoms with Gasteiger partial charge in [0, 0.05) is 0 Å². The lowest BCUT2D eigenvalue weighted by Gasteiger charge is -2.19. The Kier molecular flexibility index (Phi) is 4.74. The summed E-state index contributed by atoms with van der Waals surface area (Å²) < 4.78 is 0.963. The zero-order valence-electron chi connectivity index (χ0n) is 11.8. The van der Waals surface area contributed by atoms with Crippen LogP contribution in [0.4, 0.5) is 9.93 Å². The molecule has 1 aromatic heterocycles. The van der Waals surface area contributed by atoms with Crippen molar-refractivity contribution in [2.75, 3.05) is 5.32 Å². The van der Waals surface area contributed by atoms with Gasteiger partial charge in [0.25, 0.3) is 0 Å². The molecule has 2 atom stereocenters. The number of fused-ring (bicyclic) bond motifs is 1. The highest BCUT2D eigenvalue weighted by Crippen LogP contribution is 2.25. The number of nitrogens with zero attached hydrogens (tertiary/aromatic N) is 1. The fraction of sp³-hybridized carbons (Fsp3) is 0.357. The van der Waals surface area contributed by atoms with Crippen LogP contribution < -0.4 is 10.6 Å². The van der Waals surface area contributed by atoms with Gasteiger partial charge in [0.05, 0.1) is 10.2 Å². The van der Waals surface area contributed by atoms with E-state index in [4.69, 9.17) is 5.11 Å². The third-order valence-corrected chi connectivity index (χ3v) is 4.23. The van der Waals surface area contributed by atoms with Gasteiger partial charge in [-0.05, 0) is 18.1 Å². The largest absolute Gasteiger partial charge is 0.480 e. The third kappa shape index (κ3) is 3.69. The molecule has 0 saturated carbocycles. The molecule has 3 N–H and O–H groups in total. The molecule has 0 bridgehead atoms. The molecule has 112 valence electrons. The highest BCUT2D eigenvalue weighted by Gasteiger charge is 2.25. The number of carboxylic acids is 1. The number of carbonyl (C=O) groups is 2. The number of hydrogen-bond donors (Lipinski definition) is 3. The number of aromatic nitrogens is 1. The minimum atomic E-state index is -1.04. The number of carbonyl (C=O) groups excluding carboxylic acids is 1. The Hall–Kier alpha value is -2.15. The van der Waals surface area contributed by atoms with Crippen LogP contribution in [0.5, 0.6) is 0 Å². The van der Waals surface area contributed by atoms with E-state index in [0.29, 0.717) is 11.6 Å². The summed E-state index contributed by atoms with van der Waals surface area (Å²) in [6, 6.07) is 6.07. The van der Waals surface area contributed by atoms with Gasteiger partial charge in [0.2, 0.25) is 0 Å². The van der Waals surface area contributed by atoms with Crippen LogP contribution in [0.25, 0.3) is 10.2 Å². The van der Waals surface area contributed by atoms with Crippen molar-refractivity contribution in [2.24, 2.45) is 5.92 Å². The Labute approximate surface area is 126 Å². The summed E-state index contributed by atoms with van der Waals surface area (Å²) in [5, 5.41) is 14.7. The lowest BCUT2D eigenvalue weighted by atomic mass is 10.00. The summed E-state index contributed by atoms with van der Waals surface area (Å²) in [4.78, 5) is 27.3. The van der Waals surface area contributed by atoms with Crippen molar-refractivity contribution in [1.82, 2.24) is 10.3 Å². The minimum Gasteiger partial charge on any atom is -0.480 e. The smallest absolute Gasteiger partial charge is 0.326 e. The average molecular weight is 307 g/mol. The lowest BCUT2D eigenvalue weighted by Crippen LogP contribution is -2.46. The number of rotatable bonds is 5. The van der Waals surface area contributed by atoms with Crippen molar-refractivity contribution in [3.05, 3.63) is 24.3 Å². The van der Waals surface area contributed by atoms with Gasteiger partial charge in [-0.2, -0.15) is 0 Å². The third-order valence-electron chi connectivity index (χ3n) is 3.28. The predicted molar refractivity (Wildman–Crippen MR) is 82.7 cm³/mol. The molecule has 0 spiro atoms. The normalized spacial score (nSPS) is 13.6. The number of para-hydroxylation sites is 1. The molecule has 2 aromatic rings. The fourth-order valence-electron chi connectivity index (χ4n) is 1.88. The van der Waals surface area contributed by atoms with E-state index in [-0.39, 0.29) is 5.92 Å². The van der Waals surface area contributed by atoms with E-state index >= 15 is 0 Å². The molecular weight excluding hydrogens is 290 g/mol. The van der Waals surface area contributed by atoms with E-state index in [9.17, 15) is 9.59 Å². The summed E-state index contributed by atoms with van der Waals surface area (Å²) in [7, 11) is 0. The second kappa shape index (κ2) is 6.53. The first kappa shape index (κ1) is 15.2. The second-order valence-electron chi connectivity index (χ2n) is 4.79. The summed E-state index contributed by atoms with van der Waals surface area (Å²) in [5.41, 5.74) is 0.800. The molecule has 2 rings (SSSR count). The molecule has 0 aliphatic rings. The molecule has 1 aromatic carbocycles. The van der Waals surface area contributed by atoms with Crippen LogP contribution in [0.3, 0.4) is 0 Å². The summed E-state index contributed by atoms with van der Waals surface area (Å²) >= 11 is 1.34. The second-order valence-corrected chi connectivity index (χ2v) is 5.82. The molecule has 0 unspecified atom stereocenters. The SMILES string of the molecule is CC[C@H](C)[C@H](NC(=O)Nc1nc2ccccc2s1)C(=O)O. The number of hydrogen-bond acceptors (Lipinski definition) is 4. The first-order chi connectivity index (χ1) is 10.0. The van der Waals surface area contributed by atoms with Crippen molar-refractivity contribution in [3.63, 3.8) is 0 Å². The summed E-state index contributed by atoms with van der Waals surface area (Å²) in [6.45, 7) is 3.67. The monoisotopic (exact) mass is 307 g/mol. The Morgan fingerprint density at radius 2 is 2.10 bits per heavy atom. The number of carboxylic acid groups (broad SMARTS) is 1. The van der Waals surface area contributed by atoms with Crippen molar-refractivity contribution in [2.45, 2.75) is 26.3 Å². The van der Waals surface area contributed by atoms with Gasteiger partial charge in [-0.15, -0.1) is 0 Å². The van der Waals surface area contributed by atoms with Crippen LogP contribution in [0.15, 0.2) is 24.3 Å². The van der Waals surface area contributed by atoms with Gasteiger partial charge in [-0.3, -0.25) is 5.32 Å².